The molecule has 0 aliphatic rings. The van der Waals surface area contributed by atoms with Gasteiger partial charge in [0.2, 0.25) is 0 Å². The van der Waals surface area contributed by atoms with E-state index in [0.29, 0.717) is 11.1 Å². The Labute approximate surface area is 76.2 Å². The summed E-state index contributed by atoms with van der Waals surface area (Å²) in [5.41, 5.74) is 6.11. The minimum Gasteiger partial charge on any atom is -0.508 e. The summed E-state index contributed by atoms with van der Waals surface area (Å²) in [6.07, 6.45) is 0. The van der Waals surface area contributed by atoms with E-state index in [1.165, 1.54) is 0 Å². The van der Waals surface area contributed by atoms with Crippen molar-refractivity contribution >= 4 is 5.91 Å². The standard InChI is InChI=1S/C10H9NO2/c1-7-8(5-6-10(11)13)3-2-4-9(7)12/h2-4,12H,1H3,(H2,11,13). The summed E-state index contributed by atoms with van der Waals surface area (Å²) >= 11 is 0. The number of aromatic hydroxyl groups is 1. The molecule has 0 aromatic heterocycles. The van der Waals surface area contributed by atoms with E-state index in [2.05, 4.69) is 11.8 Å². The van der Waals surface area contributed by atoms with Crippen molar-refractivity contribution in [1.82, 2.24) is 0 Å². The molecule has 3 N–H and O–H groups in total. The van der Waals surface area contributed by atoms with E-state index in [9.17, 15) is 9.90 Å². The Morgan fingerprint density at radius 2 is 2.23 bits per heavy atom. The van der Waals surface area contributed by atoms with Crippen molar-refractivity contribution in [2.24, 2.45) is 5.73 Å². The third kappa shape index (κ3) is 2.24. The van der Waals surface area contributed by atoms with Crippen LogP contribution >= 0.6 is 0 Å². The zero-order chi connectivity index (χ0) is 9.84. The average Bonchev–Trinajstić information content (AvgIpc) is 2.07. The highest BCUT2D eigenvalue weighted by Gasteiger charge is 1.98. The number of nitrogens with two attached hydrogens (primary N) is 1. The van der Waals surface area contributed by atoms with E-state index >= 15 is 0 Å². The fourth-order valence-electron chi connectivity index (χ4n) is 0.888. The van der Waals surface area contributed by atoms with Crippen LogP contribution in [0.3, 0.4) is 0 Å². The maximum Gasteiger partial charge on any atom is 0.293 e. The molecule has 0 atom stereocenters. The van der Waals surface area contributed by atoms with Gasteiger partial charge in [0, 0.05) is 11.1 Å². The number of hydrogen-bond acceptors (Lipinski definition) is 2. The normalized spacial score (nSPS) is 8.69. The highest BCUT2D eigenvalue weighted by molar-refractivity contribution is 5.92. The molecule has 66 valence electrons. The van der Waals surface area contributed by atoms with Crippen LogP contribution in [-0.2, 0) is 4.79 Å². The fraction of sp³-hybridized carbons (Fsp3) is 0.100. The molecule has 1 aromatic carbocycles. The van der Waals surface area contributed by atoms with Crippen molar-refractivity contribution in [3.63, 3.8) is 0 Å². The molecule has 0 bridgehead atoms. The number of rotatable bonds is 0. The van der Waals surface area contributed by atoms with Crippen LogP contribution in [0.4, 0.5) is 0 Å². The quantitative estimate of drug-likeness (QED) is 0.565. The van der Waals surface area contributed by atoms with Crippen molar-refractivity contribution in [2.75, 3.05) is 0 Å². The zero-order valence-electron chi connectivity index (χ0n) is 7.16. The topological polar surface area (TPSA) is 63.3 Å². The predicted molar refractivity (Wildman–Crippen MR) is 48.9 cm³/mol. The first-order valence-corrected chi connectivity index (χ1v) is 3.71. The molecule has 1 rings (SSSR count). The minimum absolute atomic E-state index is 0.163. The summed E-state index contributed by atoms with van der Waals surface area (Å²) < 4.78 is 0. The first kappa shape index (κ1) is 9.14. The molecule has 13 heavy (non-hydrogen) atoms. The lowest BCUT2D eigenvalue weighted by atomic mass is 10.1. The first-order chi connectivity index (χ1) is 6.11. The number of primary amides is 1. The van der Waals surface area contributed by atoms with E-state index in [1.54, 1.807) is 25.1 Å². The smallest absolute Gasteiger partial charge is 0.293 e. The van der Waals surface area contributed by atoms with Gasteiger partial charge in [-0.1, -0.05) is 12.0 Å². The zero-order valence-corrected chi connectivity index (χ0v) is 7.16. The van der Waals surface area contributed by atoms with Crippen LogP contribution in [0.25, 0.3) is 0 Å². The van der Waals surface area contributed by atoms with Gasteiger partial charge in [-0.2, -0.15) is 0 Å². The second-order valence-electron chi connectivity index (χ2n) is 2.56. The Morgan fingerprint density at radius 1 is 1.54 bits per heavy atom. The van der Waals surface area contributed by atoms with Crippen LogP contribution in [0.1, 0.15) is 11.1 Å². The first-order valence-electron chi connectivity index (χ1n) is 3.71. The molecule has 0 heterocycles. The molecule has 0 radical (unpaired) electrons. The Hall–Kier alpha value is -1.95. The van der Waals surface area contributed by atoms with Gasteiger partial charge in [0.05, 0.1) is 0 Å². The minimum atomic E-state index is -0.678. The molecule has 3 heteroatoms. The number of carbonyl (C=O) groups is 1. The van der Waals surface area contributed by atoms with Crippen molar-refractivity contribution < 1.29 is 9.90 Å². The largest absolute Gasteiger partial charge is 0.508 e. The van der Waals surface area contributed by atoms with Gasteiger partial charge in [0.15, 0.2) is 0 Å². The van der Waals surface area contributed by atoms with Crippen LogP contribution in [0.5, 0.6) is 5.75 Å². The fourth-order valence-corrected chi connectivity index (χ4v) is 0.888. The molecule has 3 nitrogen and oxygen atoms in total. The van der Waals surface area contributed by atoms with Gasteiger partial charge in [0.1, 0.15) is 5.75 Å². The monoisotopic (exact) mass is 175 g/mol. The van der Waals surface area contributed by atoms with E-state index in [-0.39, 0.29) is 5.75 Å². The van der Waals surface area contributed by atoms with Crippen LogP contribution in [0.15, 0.2) is 18.2 Å². The average molecular weight is 175 g/mol. The SMILES string of the molecule is Cc1c(O)cccc1C#CC(N)=O. The third-order valence-corrected chi connectivity index (χ3v) is 1.63. The van der Waals surface area contributed by atoms with E-state index in [0.717, 1.165) is 0 Å². The molecule has 0 fully saturated rings. The summed E-state index contributed by atoms with van der Waals surface area (Å²) in [7, 11) is 0. The Balaban J connectivity index is 3.11. The Bertz CT molecular complexity index is 399. The lowest BCUT2D eigenvalue weighted by Crippen LogP contribution is -2.06. The molecule has 0 saturated heterocycles. The Morgan fingerprint density at radius 3 is 2.85 bits per heavy atom. The highest BCUT2D eigenvalue weighted by atomic mass is 16.3. The maximum atomic E-state index is 10.4. The molecular formula is C10H9NO2. The lowest BCUT2D eigenvalue weighted by Gasteiger charge is -1.99. The molecule has 0 aliphatic carbocycles. The summed E-state index contributed by atoms with van der Waals surface area (Å²) in [4.78, 5) is 10.4. The van der Waals surface area contributed by atoms with Gasteiger partial charge in [-0.3, -0.25) is 4.79 Å². The highest BCUT2D eigenvalue weighted by Crippen LogP contribution is 2.18. The lowest BCUT2D eigenvalue weighted by molar-refractivity contribution is -0.112. The van der Waals surface area contributed by atoms with Crippen LogP contribution in [-0.4, -0.2) is 11.0 Å². The number of amides is 1. The van der Waals surface area contributed by atoms with Gasteiger partial charge < -0.3 is 10.8 Å². The molecule has 0 aliphatic heterocycles. The van der Waals surface area contributed by atoms with E-state index in [4.69, 9.17) is 5.73 Å². The van der Waals surface area contributed by atoms with Crippen molar-refractivity contribution in [3.8, 4) is 17.6 Å². The van der Waals surface area contributed by atoms with Crippen LogP contribution in [0, 0.1) is 18.8 Å². The van der Waals surface area contributed by atoms with Crippen molar-refractivity contribution in [3.05, 3.63) is 29.3 Å². The number of phenols is 1. The van der Waals surface area contributed by atoms with Gasteiger partial charge in [-0.15, -0.1) is 0 Å². The van der Waals surface area contributed by atoms with Crippen molar-refractivity contribution in [1.29, 1.82) is 0 Å². The van der Waals surface area contributed by atoms with E-state index in [1.807, 2.05) is 0 Å². The molecule has 0 saturated carbocycles. The number of benzene rings is 1. The van der Waals surface area contributed by atoms with Gasteiger partial charge in [-0.05, 0) is 25.0 Å². The number of phenolic OH excluding ortho intramolecular Hbond substituents is 1. The van der Waals surface area contributed by atoms with Crippen LogP contribution in [0.2, 0.25) is 0 Å². The van der Waals surface area contributed by atoms with Gasteiger partial charge in [-0.25, -0.2) is 0 Å². The molecule has 0 unspecified atom stereocenters. The van der Waals surface area contributed by atoms with Crippen LogP contribution < -0.4 is 5.73 Å². The van der Waals surface area contributed by atoms with Gasteiger partial charge in [0.25, 0.3) is 5.91 Å². The summed E-state index contributed by atoms with van der Waals surface area (Å²) in [6, 6.07) is 4.93. The third-order valence-electron chi connectivity index (χ3n) is 1.63. The van der Waals surface area contributed by atoms with Crippen molar-refractivity contribution in [2.45, 2.75) is 6.92 Å². The molecule has 1 aromatic rings. The van der Waals surface area contributed by atoms with Gasteiger partial charge >= 0.3 is 0 Å². The maximum absolute atomic E-state index is 10.4. The molecule has 0 spiro atoms. The predicted octanol–water partition coefficient (Wildman–Crippen LogP) is 0.537. The van der Waals surface area contributed by atoms with E-state index < -0.39 is 5.91 Å². The number of hydrogen-bond donors (Lipinski definition) is 2. The second-order valence-corrected chi connectivity index (χ2v) is 2.56. The molecule has 1 amide bonds. The summed E-state index contributed by atoms with van der Waals surface area (Å²) in [6.45, 7) is 1.72. The summed E-state index contributed by atoms with van der Waals surface area (Å²) in [5.74, 6) is 4.26. The Kier molecular flexibility index (Phi) is 2.56. The molecular weight excluding hydrogens is 166 g/mol. The summed E-state index contributed by atoms with van der Waals surface area (Å²) in [5, 5.41) is 9.28. The second kappa shape index (κ2) is 3.63. The number of carbonyl (C=O) groups excluding carboxylic acids is 1.